The fourth-order valence-corrected chi connectivity index (χ4v) is 10.4. The van der Waals surface area contributed by atoms with E-state index in [0.29, 0.717) is 69.1 Å². The highest BCUT2D eigenvalue weighted by Crippen LogP contribution is 2.34. The van der Waals surface area contributed by atoms with Crippen molar-refractivity contribution >= 4 is 97.0 Å². The number of aromatic carboxylic acids is 1. The zero-order valence-corrected chi connectivity index (χ0v) is 53.6. The predicted octanol–water partition coefficient (Wildman–Crippen LogP) is 13.4. The van der Waals surface area contributed by atoms with Gasteiger partial charge in [-0.15, -0.1) is 24.8 Å². The topological polar surface area (TPSA) is 234 Å². The van der Waals surface area contributed by atoms with Crippen LogP contribution in [0.2, 0.25) is 51.4 Å². The summed E-state index contributed by atoms with van der Waals surface area (Å²) in [6, 6.07) is 13.0. The minimum absolute atomic E-state index is 0. The van der Waals surface area contributed by atoms with Crippen LogP contribution in [0.25, 0.3) is 66.9 Å². The van der Waals surface area contributed by atoms with Gasteiger partial charge in [0.05, 0.1) is 57.5 Å². The highest BCUT2D eigenvalue weighted by molar-refractivity contribution is 6.76. The number of hydrogen-bond donors (Lipinski definition) is 3. The van der Waals surface area contributed by atoms with Crippen molar-refractivity contribution in [1.82, 2.24) is 63.9 Å². The summed E-state index contributed by atoms with van der Waals surface area (Å²) in [7, 11) is 0.852. The van der Waals surface area contributed by atoms with E-state index in [4.69, 9.17) is 20.2 Å². The molecule has 10 aromatic rings. The first-order valence-electron chi connectivity index (χ1n) is 27.2. The summed E-state index contributed by atoms with van der Waals surface area (Å²) in [5, 5.41) is 22.7. The van der Waals surface area contributed by atoms with Crippen LogP contribution in [0.1, 0.15) is 69.2 Å². The van der Waals surface area contributed by atoms with Gasteiger partial charge in [-0.3, -0.25) is 24.1 Å². The molecule has 476 valence electrons. The fraction of sp³-hybridized carbons (Fsp3) is 0.345. The smallest absolute Gasteiger partial charge is 0.416 e. The number of aryl methyl sites for hydroxylation is 2. The van der Waals surface area contributed by atoms with E-state index in [1.165, 1.54) is 41.3 Å². The molecule has 1 amide bonds. The first-order valence-corrected chi connectivity index (χ1v) is 34.7. The second kappa shape index (κ2) is 28.4. The van der Waals surface area contributed by atoms with Gasteiger partial charge in [0.2, 0.25) is 0 Å². The number of carboxylic acid groups (broad SMARTS) is 1. The molecule has 0 aliphatic carbocycles. The minimum Gasteiger partial charge on any atom is -0.478 e. The van der Waals surface area contributed by atoms with Crippen molar-refractivity contribution in [2.75, 3.05) is 13.2 Å². The molecule has 0 aliphatic rings. The number of amides is 1. The van der Waals surface area contributed by atoms with Crippen LogP contribution in [-0.4, -0.2) is 105 Å². The number of nitrogens with zero attached hydrogens (tertiary/aromatic N) is 12. The first kappa shape index (κ1) is 70.3. The highest BCUT2D eigenvalue weighted by atomic mass is 35.5. The van der Waals surface area contributed by atoms with Gasteiger partial charge in [-0.05, 0) is 86.6 Å². The molecule has 4 N–H and O–H groups in total. The molecule has 2 atom stereocenters. The summed E-state index contributed by atoms with van der Waals surface area (Å²) in [6.07, 6.45) is -0.550. The molecule has 0 spiro atoms. The Bertz CT molecular complexity index is 4150. The Kier molecular flexibility index (Phi) is 22.4. The molecule has 0 unspecified atom stereocenters. The number of ether oxygens (including phenoxy) is 2. The number of carboxylic acids is 1. The zero-order chi connectivity index (χ0) is 63.5. The molecular weight excluding hydrogens is 1250 g/mol. The molecule has 2 aromatic carbocycles. The summed E-state index contributed by atoms with van der Waals surface area (Å²) < 4.78 is 122. The number of alkyl halides is 6. The van der Waals surface area contributed by atoms with Gasteiger partial charge >= 0.3 is 18.3 Å². The Balaban J connectivity index is 0.000000239. The molecule has 0 radical (unpaired) electrons. The van der Waals surface area contributed by atoms with Gasteiger partial charge in [0, 0.05) is 85.1 Å². The molecule has 89 heavy (non-hydrogen) atoms. The molecule has 19 nitrogen and oxygen atoms in total. The van der Waals surface area contributed by atoms with Crippen molar-refractivity contribution in [3.63, 3.8) is 0 Å². The average molecular weight is 1320 g/mol. The molecule has 8 heterocycles. The largest absolute Gasteiger partial charge is 0.478 e. The predicted molar refractivity (Wildman–Crippen MR) is 331 cm³/mol. The van der Waals surface area contributed by atoms with Gasteiger partial charge in [0.25, 0.3) is 5.91 Å². The number of hydrogen-bond acceptors (Lipinski definition) is 13. The molecular formula is C58H66Cl2F8N14O5Si2. The molecule has 31 heteroatoms. The number of carbonyl (C=O) groups excluding carboxylic acids is 1. The average Bonchev–Trinajstić information content (AvgIpc) is 1.70. The number of halogens is 10. The molecule has 0 saturated heterocycles. The number of aromatic nitrogens is 12. The zero-order valence-electron chi connectivity index (χ0n) is 50.0. The quantitative estimate of drug-likeness (QED) is 0.0437. The normalized spacial score (nSPS) is 12.7. The lowest BCUT2D eigenvalue weighted by molar-refractivity contribution is -0.138. The van der Waals surface area contributed by atoms with Crippen LogP contribution >= 0.6 is 24.8 Å². The third-order valence-corrected chi connectivity index (χ3v) is 17.1. The molecule has 0 saturated carbocycles. The third kappa shape index (κ3) is 17.3. The second-order valence-corrected chi connectivity index (χ2v) is 34.3. The van der Waals surface area contributed by atoms with Crippen LogP contribution in [0.4, 0.5) is 35.1 Å². The van der Waals surface area contributed by atoms with Crippen molar-refractivity contribution in [2.24, 2.45) is 19.8 Å². The van der Waals surface area contributed by atoms with E-state index >= 15 is 0 Å². The number of pyridine rings is 2. The molecule has 10 rings (SSSR count). The summed E-state index contributed by atoms with van der Waals surface area (Å²) >= 11 is 0. The number of nitrogens with one attached hydrogen (secondary N) is 1. The van der Waals surface area contributed by atoms with Crippen LogP contribution in [0.3, 0.4) is 0 Å². The van der Waals surface area contributed by atoms with Crippen molar-refractivity contribution < 1.29 is 59.3 Å². The van der Waals surface area contributed by atoms with Crippen molar-refractivity contribution in [3.05, 3.63) is 143 Å². The number of rotatable bonds is 17. The summed E-state index contributed by atoms with van der Waals surface area (Å²) in [6.45, 7) is 18.2. The van der Waals surface area contributed by atoms with Crippen molar-refractivity contribution in [2.45, 2.75) is 103 Å². The van der Waals surface area contributed by atoms with E-state index < -0.39 is 69.4 Å². The van der Waals surface area contributed by atoms with E-state index in [2.05, 4.69) is 79.7 Å². The van der Waals surface area contributed by atoms with Gasteiger partial charge in [0.15, 0.2) is 11.3 Å². The summed E-state index contributed by atoms with van der Waals surface area (Å²) in [4.78, 5) is 51.5. The van der Waals surface area contributed by atoms with Gasteiger partial charge in [-0.1, -0.05) is 39.3 Å². The molecule has 8 aromatic heterocycles. The van der Waals surface area contributed by atoms with Crippen molar-refractivity contribution in [3.8, 4) is 22.8 Å². The van der Waals surface area contributed by atoms with Crippen LogP contribution in [0.5, 0.6) is 0 Å². The highest BCUT2D eigenvalue weighted by Gasteiger charge is 2.33. The van der Waals surface area contributed by atoms with Gasteiger partial charge in [0.1, 0.15) is 64.5 Å². The Morgan fingerprint density at radius 1 is 0.629 bits per heavy atom. The van der Waals surface area contributed by atoms with Crippen LogP contribution in [0.15, 0.2) is 97.8 Å². The lowest BCUT2D eigenvalue weighted by Gasteiger charge is -2.15. The first-order chi connectivity index (χ1) is 40.8. The number of nitrogens with two attached hydrogens (primary N) is 1. The van der Waals surface area contributed by atoms with E-state index in [1.54, 1.807) is 66.3 Å². The molecule has 0 bridgehead atoms. The lowest BCUT2D eigenvalue weighted by Crippen LogP contribution is -2.27. The number of benzene rings is 2. The monoisotopic (exact) mass is 1320 g/mol. The number of fused-ring (bicyclic) bond motifs is 4. The summed E-state index contributed by atoms with van der Waals surface area (Å²) in [5.74, 6) is -2.43. The maximum absolute atomic E-state index is 13.9. The van der Waals surface area contributed by atoms with E-state index in [9.17, 15) is 49.8 Å². The molecule has 0 aliphatic heterocycles. The fourth-order valence-electron chi connectivity index (χ4n) is 8.86. The van der Waals surface area contributed by atoms with Crippen LogP contribution in [-0.2, 0) is 49.4 Å². The Labute approximate surface area is 519 Å². The SMILES string of the molecule is C[C@@H](N)c1cc(C(F)(F)F)ccn1.C[C@@H](NC(=O)c1cn(COCC[Si](C)(C)C)c2ncc(-c3nn(C)c4cc(F)ccc34)nc12)c1cc(C(F)(F)F)ccn1.Cl.Cl.Cn1nc(-c2cnc3c(n2)c(C(=O)O)cn3COCC[Si](C)(C)C)c2ccc(F)cc21. The summed E-state index contributed by atoms with van der Waals surface area (Å²) in [5.41, 5.74) is 8.60. The van der Waals surface area contributed by atoms with Crippen LogP contribution < -0.4 is 11.1 Å². The van der Waals surface area contributed by atoms with E-state index in [0.717, 1.165) is 48.7 Å². The Hall–Kier alpha value is -7.81. The van der Waals surface area contributed by atoms with E-state index in [1.807, 2.05) is 0 Å². The van der Waals surface area contributed by atoms with E-state index in [-0.39, 0.29) is 77.6 Å². The minimum atomic E-state index is -4.54. The van der Waals surface area contributed by atoms with Gasteiger partial charge in [-0.25, -0.2) is 33.5 Å². The maximum atomic E-state index is 13.9. The standard InChI is InChI=1S/C29H31F4N7O2Si.C21H24FN5O3Si.C8H9F3N2.2ClH/c1-17(22-12-18(8-9-34-22)29(31,32)33)36-28(41)21-15-40(16-42-10-11-43(3,4)5)27-26(21)37-23(14-35-27)25-20-7-6-19(30)13-24(20)39(2)38-25;1-26-17-9-13(22)5-6-14(17)18(25-26)16-10-23-20-19(24-16)15(21(28)29)11-27(20)12-30-7-8-31(2,3)4;1-5(12)7-4-6(2-3-13-7)8(9,10)11;;/h6-9,12-15,17H,10-11,16H2,1-5H3,(H,36,41);5-6,9-11H,7-8,12H2,1-4H3,(H,28,29);2-5H,12H2,1H3;2*1H/t17-;;5-;;/m1.1../s1. The number of carbonyl (C=O) groups is 2. The maximum Gasteiger partial charge on any atom is 0.416 e. The Morgan fingerprint density at radius 3 is 1.46 bits per heavy atom. The Morgan fingerprint density at radius 2 is 1.04 bits per heavy atom. The molecule has 0 fully saturated rings. The lowest BCUT2D eigenvalue weighted by atomic mass is 10.1. The van der Waals surface area contributed by atoms with Crippen molar-refractivity contribution in [1.29, 1.82) is 0 Å². The van der Waals surface area contributed by atoms with Gasteiger partial charge < -0.3 is 34.8 Å². The second-order valence-electron chi connectivity index (χ2n) is 23.1. The van der Waals surface area contributed by atoms with Gasteiger partial charge in [-0.2, -0.15) is 36.5 Å². The third-order valence-electron chi connectivity index (χ3n) is 13.6. The van der Waals surface area contributed by atoms with Crippen LogP contribution in [0, 0.1) is 11.6 Å².